The summed E-state index contributed by atoms with van der Waals surface area (Å²) in [7, 11) is -3.89. The molecular weight excluding hydrogens is 500 g/mol. The van der Waals surface area contributed by atoms with E-state index >= 15 is 0 Å². The fraction of sp³-hybridized carbons (Fsp3) is 0.407. The van der Waals surface area contributed by atoms with Crippen molar-refractivity contribution in [3.63, 3.8) is 0 Å². The van der Waals surface area contributed by atoms with Crippen LogP contribution in [0.25, 0.3) is 0 Å². The Morgan fingerprint density at radius 1 is 1.08 bits per heavy atom. The molecule has 0 radical (unpaired) electrons. The van der Waals surface area contributed by atoms with Crippen molar-refractivity contribution in [2.24, 2.45) is 5.92 Å². The van der Waals surface area contributed by atoms with Crippen molar-refractivity contribution >= 4 is 15.7 Å². The van der Waals surface area contributed by atoms with Crippen molar-refractivity contribution in [2.75, 3.05) is 13.2 Å². The Morgan fingerprint density at radius 2 is 1.84 bits per heavy atom. The second-order valence-corrected chi connectivity index (χ2v) is 11.7. The maximum atomic E-state index is 14.5. The minimum absolute atomic E-state index is 0.0162. The van der Waals surface area contributed by atoms with Gasteiger partial charge in [-0.1, -0.05) is 24.3 Å². The largest absolute Gasteiger partial charge is 0.376 e. The molecule has 37 heavy (non-hydrogen) atoms. The molecule has 2 aliphatic rings. The molecule has 0 bridgehead atoms. The highest BCUT2D eigenvalue weighted by Gasteiger charge is 2.31. The second-order valence-electron chi connectivity index (χ2n) is 9.77. The third kappa shape index (κ3) is 6.07. The van der Waals surface area contributed by atoms with Gasteiger partial charge in [-0.2, -0.15) is 0 Å². The standard InChI is InChI=1S/C27H29F2N3O4S/c28-21-11-9-20(10-12-21)18-37(34,35)27-30-14-22(32(27)17-23-4-3-13-36-23)16-31(15-19-7-8-19)26(33)24-5-1-2-6-25(24)29/h1-2,5-6,9-12,14,19,23H,3-4,7-8,13,15-18H2. The van der Waals surface area contributed by atoms with Crippen LogP contribution >= 0.6 is 0 Å². The van der Waals surface area contributed by atoms with Crippen LogP contribution in [-0.4, -0.2) is 48.0 Å². The lowest BCUT2D eigenvalue weighted by atomic mass is 10.1. The van der Waals surface area contributed by atoms with Crippen LogP contribution in [0.2, 0.25) is 0 Å². The van der Waals surface area contributed by atoms with Crippen LogP contribution in [0.1, 0.15) is 47.3 Å². The fourth-order valence-corrected chi connectivity index (χ4v) is 6.15. The van der Waals surface area contributed by atoms with Gasteiger partial charge in [-0.25, -0.2) is 22.2 Å². The Morgan fingerprint density at radius 3 is 2.51 bits per heavy atom. The number of halogens is 2. The fourth-order valence-electron chi connectivity index (χ4n) is 4.65. The van der Waals surface area contributed by atoms with Crippen molar-refractivity contribution in [1.29, 1.82) is 0 Å². The Bertz CT molecular complexity index is 1360. The molecule has 196 valence electrons. The van der Waals surface area contributed by atoms with Gasteiger partial charge in [-0.3, -0.25) is 4.79 Å². The quantitative estimate of drug-likeness (QED) is 0.390. The van der Waals surface area contributed by atoms with Gasteiger partial charge in [0.05, 0.1) is 42.4 Å². The molecule has 7 nitrogen and oxygen atoms in total. The normalized spacial score (nSPS) is 17.7. The maximum absolute atomic E-state index is 14.5. The molecule has 10 heteroatoms. The highest BCUT2D eigenvalue weighted by atomic mass is 32.2. The predicted octanol–water partition coefficient (Wildman–Crippen LogP) is 4.37. The molecule has 1 aliphatic carbocycles. The number of hydrogen-bond donors (Lipinski definition) is 0. The molecule has 1 saturated heterocycles. The first-order valence-electron chi connectivity index (χ1n) is 12.5. The third-order valence-corrected chi connectivity index (χ3v) is 8.38. The number of carbonyl (C=O) groups excluding carboxylic acids is 1. The number of sulfone groups is 1. The van der Waals surface area contributed by atoms with E-state index in [4.69, 9.17) is 4.74 Å². The zero-order chi connectivity index (χ0) is 26.0. The first kappa shape index (κ1) is 25.5. The topological polar surface area (TPSA) is 81.5 Å². The Balaban J connectivity index is 1.47. The molecule has 2 aromatic carbocycles. The molecule has 1 atom stereocenters. The van der Waals surface area contributed by atoms with Crippen molar-refractivity contribution in [2.45, 2.75) is 55.8 Å². The van der Waals surface area contributed by atoms with Gasteiger partial charge in [-0.15, -0.1) is 0 Å². The number of aromatic nitrogens is 2. The van der Waals surface area contributed by atoms with Crippen LogP contribution in [0.4, 0.5) is 8.78 Å². The summed E-state index contributed by atoms with van der Waals surface area (Å²) in [5.41, 5.74) is 0.968. The molecule has 2 fully saturated rings. The molecule has 2 heterocycles. The first-order chi connectivity index (χ1) is 17.8. The third-order valence-electron chi connectivity index (χ3n) is 6.78. The van der Waals surface area contributed by atoms with Gasteiger partial charge in [0.2, 0.25) is 15.0 Å². The molecule has 1 saturated carbocycles. The van der Waals surface area contributed by atoms with Crippen LogP contribution < -0.4 is 0 Å². The van der Waals surface area contributed by atoms with E-state index in [1.807, 2.05) is 0 Å². The molecule has 1 aliphatic heterocycles. The number of carbonyl (C=O) groups is 1. The van der Waals surface area contributed by atoms with Gasteiger partial charge < -0.3 is 14.2 Å². The minimum atomic E-state index is -3.89. The van der Waals surface area contributed by atoms with E-state index in [1.165, 1.54) is 48.7 Å². The molecular formula is C27H29F2N3O4S. The number of ether oxygens (including phenoxy) is 1. The summed E-state index contributed by atoms with van der Waals surface area (Å²) < 4.78 is 62.0. The Kier molecular flexibility index (Phi) is 7.39. The smallest absolute Gasteiger partial charge is 0.257 e. The van der Waals surface area contributed by atoms with Gasteiger partial charge >= 0.3 is 0 Å². The minimum Gasteiger partial charge on any atom is -0.376 e. The van der Waals surface area contributed by atoms with Gasteiger partial charge in [0.25, 0.3) is 5.91 Å². The number of amides is 1. The lowest BCUT2D eigenvalue weighted by molar-refractivity contribution is 0.0718. The SMILES string of the molecule is O=C(c1ccccc1F)N(Cc1cnc(S(=O)(=O)Cc2ccc(F)cc2)n1CC1CCCO1)CC1CC1. The molecule has 1 aromatic heterocycles. The second kappa shape index (κ2) is 10.7. The van der Waals surface area contributed by atoms with E-state index in [0.29, 0.717) is 30.3 Å². The van der Waals surface area contributed by atoms with Crippen LogP contribution in [0.15, 0.2) is 59.9 Å². The lowest BCUT2D eigenvalue weighted by Gasteiger charge is -2.24. The van der Waals surface area contributed by atoms with E-state index < -0.39 is 27.4 Å². The maximum Gasteiger partial charge on any atom is 0.257 e. The van der Waals surface area contributed by atoms with Crippen LogP contribution in [0, 0.1) is 17.6 Å². The van der Waals surface area contributed by atoms with E-state index in [0.717, 1.165) is 25.7 Å². The van der Waals surface area contributed by atoms with Crippen molar-refractivity contribution in [3.8, 4) is 0 Å². The Hall–Kier alpha value is -3.11. The van der Waals surface area contributed by atoms with Crippen LogP contribution in [0.5, 0.6) is 0 Å². The summed E-state index contributed by atoms with van der Waals surface area (Å²) in [5, 5.41) is -0.118. The number of imidazole rings is 1. The first-order valence-corrected chi connectivity index (χ1v) is 14.1. The van der Waals surface area contributed by atoms with Gasteiger partial charge in [0, 0.05) is 13.2 Å². The lowest BCUT2D eigenvalue weighted by Crippen LogP contribution is -2.34. The van der Waals surface area contributed by atoms with Gasteiger partial charge in [-0.05, 0) is 61.4 Å². The summed E-state index contributed by atoms with van der Waals surface area (Å²) in [6, 6.07) is 11.2. The molecule has 0 spiro atoms. The number of nitrogens with zero attached hydrogens (tertiary/aromatic N) is 3. The van der Waals surface area contributed by atoms with Gasteiger partial charge in [0.1, 0.15) is 11.6 Å². The molecule has 5 rings (SSSR count). The summed E-state index contributed by atoms with van der Waals surface area (Å²) >= 11 is 0. The average Bonchev–Trinajstić information content (AvgIpc) is 3.37. The van der Waals surface area contributed by atoms with E-state index in [2.05, 4.69) is 4.98 Å². The zero-order valence-electron chi connectivity index (χ0n) is 20.4. The molecule has 1 unspecified atom stereocenters. The number of hydrogen-bond acceptors (Lipinski definition) is 5. The average molecular weight is 530 g/mol. The molecule has 3 aromatic rings. The number of rotatable bonds is 10. The Labute approximate surface area is 215 Å². The molecule has 0 N–H and O–H groups in total. The summed E-state index contributed by atoms with van der Waals surface area (Å²) in [6.45, 7) is 1.43. The van der Waals surface area contributed by atoms with E-state index in [9.17, 15) is 22.0 Å². The monoisotopic (exact) mass is 529 g/mol. The van der Waals surface area contributed by atoms with Gasteiger partial charge in [0.15, 0.2) is 0 Å². The molecule has 1 amide bonds. The van der Waals surface area contributed by atoms with Crippen LogP contribution in [0.3, 0.4) is 0 Å². The van der Waals surface area contributed by atoms with Crippen molar-refractivity contribution in [3.05, 3.63) is 83.2 Å². The summed E-state index contributed by atoms with van der Waals surface area (Å²) in [4.78, 5) is 19.2. The number of benzene rings is 2. The van der Waals surface area contributed by atoms with Crippen molar-refractivity contribution in [1.82, 2.24) is 14.5 Å². The summed E-state index contributed by atoms with van der Waals surface area (Å²) in [6.07, 6.45) is 4.95. The highest BCUT2D eigenvalue weighted by Crippen LogP contribution is 2.31. The van der Waals surface area contributed by atoms with E-state index in [-0.39, 0.29) is 35.7 Å². The van der Waals surface area contributed by atoms with E-state index in [1.54, 1.807) is 15.5 Å². The van der Waals surface area contributed by atoms with Crippen molar-refractivity contribution < 1.29 is 26.7 Å². The highest BCUT2D eigenvalue weighted by molar-refractivity contribution is 7.90. The predicted molar refractivity (Wildman–Crippen MR) is 132 cm³/mol. The summed E-state index contributed by atoms with van der Waals surface area (Å²) in [5.74, 6) is -1.48. The zero-order valence-corrected chi connectivity index (χ0v) is 21.2. The van der Waals surface area contributed by atoms with Crippen LogP contribution in [-0.2, 0) is 33.4 Å².